The van der Waals surface area contributed by atoms with Crippen molar-refractivity contribution in [2.75, 3.05) is 5.32 Å². The molecule has 0 atom stereocenters. The number of nitrogens with two attached hydrogens (primary N) is 1. The average molecular weight is 825 g/mol. The van der Waals surface area contributed by atoms with Crippen molar-refractivity contribution in [2.45, 2.75) is 50.0 Å². The van der Waals surface area contributed by atoms with Gasteiger partial charge in [0.1, 0.15) is 12.2 Å². The van der Waals surface area contributed by atoms with Gasteiger partial charge in [-0.25, -0.2) is 19.9 Å². The van der Waals surface area contributed by atoms with Crippen molar-refractivity contribution in [2.24, 2.45) is 5.73 Å². The minimum absolute atomic E-state index is 0. The second kappa shape index (κ2) is 16.5. The Kier molecular flexibility index (Phi) is 12.5. The highest BCUT2D eigenvalue weighted by molar-refractivity contribution is 9.10. The first-order valence-corrected chi connectivity index (χ1v) is 17.9. The summed E-state index contributed by atoms with van der Waals surface area (Å²) < 4.78 is 16.3. The Hall–Kier alpha value is -2.58. The summed E-state index contributed by atoms with van der Waals surface area (Å²) in [4.78, 5) is 17.1. The first-order chi connectivity index (χ1) is 21.9. The molecule has 2 saturated carbocycles. The lowest BCUT2D eigenvalue weighted by Crippen LogP contribution is -2.43. The van der Waals surface area contributed by atoms with Crippen molar-refractivity contribution in [3.63, 3.8) is 0 Å². The summed E-state index contributed by atoms with van der Waals surface area (Å²) >= 11 is 15.7. The molecule has 0 saturated heterocycles. The Morgan fingerprint density at radius 3 is 1.76 bits per heavy atom. The highest BCUT2D eigenvalue weighted by Gasteiger charge is 2.32. The Balaban J connectivity index is 0.000000148. The standard InChI is InChI=1S/C16H14BrN3OS.C9H11BrN2O.C7H4ClNS.ClH/c17-12-4-3-7-18-15(12)21-11-8-10(9-11)19-16-20-13-5-1-2-6-14(13)22-16;10-8-2-1-3-12-9(8)13-7-4-6(11)5-7;8-7-9-5-3-1-2-4-6(5)10-7;/h1-7,10-11H,8-9H2,(H,19,20);1-3,6-7H,4-5,11H2;1-4H;1H. The van der Waals surface area contributed by atoms with Crippen LogP contribution in [0.4, 0.5) is 5.13 Å². The molecular weight excluding hydrogens is 795 g/mol. The van der Waals surface area contributed by atoms with Gasteiger partial charge < -0.3 is 20.5 Å². The molecule has 3 N–H and O–H groups in total. The molecule has 2 aliphatic carbocycles. The normalized spacial score (nSPS) is 19.7. The van der Waals surface area contributed by atoms with Crippen molar-refractivity contribution in [1.82, 2.24) is 19.9 Å². The number of benzene rings is 2. The van der Waals surface area contributed by atoms with Crippen LogP contribution in [0.15, 0.2) is 94.1 Å². The van der Waals surface area contributed by atoms with Crippen LogP contribution in [0.5, 0.6) is 11.8 Å². The Morgan fingerprint density at radius 2 is 1.24 bits per heavy atom. The maximum absolute atomic E-state index is 5.89. The molecule has 2 fully saturated rings. The molecule has 4 heterocycles. The molecule has 46 heavy (non-hydrogen) atoms. The van der Waals surface area contributed by atoms with Crippen LogP contribution in [0.25, 0.3) is 20.4 Å². The van der Waals surface area contributed by atoms with E-state index in [-0.39, 0.29) is 24.6 Å². The van der Waals surface area contributed by atoms with Gasteiger partial charge in [-0.3, -0.25) is 0 Å². The van der Waals surface area contributed by atoms with E-state index < -0.39 is 0 Å². The number of aromatic nitrogens is 4. The quantitative estimate of drug-likeness (QED) is 0.171. The Bertz CT molecular complexity index is 1800. The van der Waals surface area contributed by atoms with Gasteiger partial charge in [-0.1, -0.05) is 47.2 Å². The van der Waals surface area contributed by atoms with Crippen molar-refractivity contribution in [1.29, 1.82) is 0 Å². The third kappa shape index (κ3) is 9.27. The summed E-state index contributed by atoms with van der Waals surface area (Å²) in [5.41, 5.74) is 7.69. The molecule has 0 bridgehead atoms. The topological polar surface area (TPSA) is 108 Å². The molecule has 2 aromatic carbocycles. The lowest BCUT2D eigenvalue weighted by Gasteiger charge is -2.35. The first kappa shape index (κ1) is 34.7. The minimum Gasteiger partial charge on any atom is -0.473 e. The Morgan fingerprint density at radius 1 is 0.717 bits per heavy atom. The highest BCUT2D eigenvalue weighted by Crippen LogP contribution is 2.33. The van der Waals surface area contributed by atoms with Gasteiger partial charge in [-0.2, -0.15) is 0 Å². The zero-order chi connectivity index (χ0) is 31.2. The minimum atomic E-state index is 0. The van der Waals surface area contributed by atoms with Gasteiger partial charge in [0, 0.05) is 37.3 Å². The number of hydrogen-bond donors (Lipinski definition) is 2. The van der Waals surface area contributed by atoms with Crippen LogP contribution in [-0.2, 0) is 0 Å². The summed E-state index contributed by atoms with van der Waals surface area (Å²) in [6.07, 6.45) is 7.75. The van der Waals surface area contributed by atoms with E-state index in [1.165, 1.54) is 16.0 Å². The predicted octanol–water partition coefficient (Wildman–Crippen LogP) is 9.56. The second-order valence-electron chi connectivity index (χ2n) is 10.5. The van der Waals surface area contributed by atoms with E-state index in [2.05, 4.69) is 63.2 Å². The fraction of sp³-hybridized carbons (Fsp3) is 0.250. The molecule has 240 valence electrons. The van der Waals surface area contributed by atoms with Crippen LogP contribution in [0, 0.1) is 0 Å². The van der Waals surface area contributed by atoms with Crippen LogP contribution in [0.1, 0.15) is 25.7 Å². The molecular formula is C32H30Br2Cl2N6O2S2. The number of rotatable bonds is 6. The largest absolute Gasteiger partial charge is 0.473 e. The van der Waals surface area contributed by atoms with Gasteiger partial charge in [-0.05, 0) is 93.2 Å². The average Bonchev–Trinajstić information content (AvgIpc) is 3.60. The van der Waals surface area contributed by atoms with Crippen LogP contribution >= 0.6 is 78.5 Å². The molecule has 0 spiro atoms. The molecule has 8 nitrogen and oxygen atoms in total. The van der Waals surface area contributed by atoms with Crippen LogP contribution in [0.2, 0.25) is 4.47 Å². The number of anilines is 1. The summed E-state index contributed by atoms with van der Waals surface area (Å²) in [7, 11) is 0. The third-order valence-corrected chi connectivity index (χ3v) is 10.4. The number of fused-ring (bicyclic) bond motifs is 2. The van der Waals surface area contributed by atoms with Crippen molar-refractivity contribution >= 4 is 104 Å². The zero-order valence-corrected chi connectivity index (χ0v) is 30.6. The smallest absolute Gasteiger partial charge is 0.228 e. The van der Waals surface area contributed by atoms with Crippen molar-refractivity contribution in [3.8, 4) is 11.8 Å². The van der Waals surface area contributed by atoms with Crippen molar-refractivity contribution in [3.05, 3.63) is 98.6 Å². The van der Waals surface area contributed by atoms with Gasteiger partial charge in [0.15, 0.2) is 9.60 Å². The van der Waals surface area contributed by atoms with E-state index in [1.54, 1.807) is 23.7 Å². The second-order valence-corrected chi connectivity index (χ2v) is 14.9. The fourth-order valence-electron chi connectivity index (χ4n) is 4.67. The van der Waals surface area contributed by atoms with E-state index in [4.69, 9.17) is 26.8 Å². The summed E-state index contributed by atoms with van der Waals surface area (Å²) in [5, 5.41) is 4.48. The number of pyridine rings is 2. The first-order valence-electron chi connectivity index (χ1n) is 14.3. The van der Waals surface area contributed by atoms with Gasteiger partial charge in [0.2, 0.25) is 11.8 Å². The maximum atomic E-state index is 5.89. The number of nitrogens with zero attached hydrogens (tertiary/aromatic N) is 4. The number of thiazole rings is 2. The number of ether oxygens (including phenoxy) is 2. The molecule has 0 radical (unpaired) electrons. The van der Waals surface area contributed by atoms with Gasteiger partial charge in [-0.15, -0.1) is 23.7 Å². The van der Waals surface area contributed by atoms with Crippen LogP contribution in [0.3, 0.4) is 0 Å². The summed E-state index contributed by atoms with van der Waals surface area (Å²) in [6, 6.07) is 24.5. The van der Waals surface area contributed by atoms with Gasteiger partial charge in [0.25, 0.3) is 0 Å². The van der Waals surface area contributed by atoms with Crippen molar-refractivity contribution < 1.29 is 9.47 Å². The van der Waals surface area contributed by atoms with E-state index in [0.717, 1.165) is 55.5 Å². The third-order valence-electron chi connectivity index (χ3n) is 7.12. The van der Waals surface area contributed by atoms with Gasteiger partial charge in [0.05, 0.1) is 29.4 Å². The fourth-order valence-corrected chi connectivity index (χ4v) is 7.34. The lowest BCUT2D eigenvalue weighted by atomic mass is 9.89. The SMILES string of the molecule is Brc1cccnc1OC1CC(Nc2nc3ccccc3s2)C1.Cl.Clc1nc2ccccc2s1.NC1CC(Oc2ncccc2Br)C1. The van der Waals surface area contributed by atoms with E-state index in [0.29, 0.717) is 28.3 Å². The molecule has 0 unspecified atom stereocenters. The molecule has 0 amide bonds. The predicted molar refractivity (Wildman–Crippen MR) is 198 cm³/mol. The lowest BCUT2D eigenvalue weighted by molar-refractivity contribution is 0.0949. The number of nitrogens with one attached hydrogen (secondary N) is 1. The van der Waals surface area contributed by atoms with Gasteiger partial charge >= 0.3 is 0 Å². The molecule has 0 aliphatic heterocycles. The van der Waals surface area contributed by atoms with Crippen LogP contribution in [-0.4, -0.2) is 44.2 Å². The Labute approximate surface area is 302 Å². The molecule has 8 rings (SSSR count). The molecule has 4 aromatic heterocycles. The summed E-state index contributed by atoms with van der Waals surface area (Å²) in [5.74, 6) is 1.34. The van der Waals surface area contributed by atoms with E-state index >= 15 is 0 Å². The van der Waals surface area contributed by atoms with E-state index in [9.17, 15) is 0 Å². The summed E-state index contributed by atoms with van der Waals surface area (Å²) in [6.45, 7) is 0. The number of halogens is 4. The zero-order valence-electron chi connectivity index (χ0n) is 24.3. The highest BCUT2D eigenvalue weighted by atomic mass is 79.9. The molecule has 6 aromatic rings. The molecule has 2 aliphatic rings. The number of hydrogen-bond acceptors (Lipinski definition) is 10. The molecule has 14 heteroatoms. The number of para-hydroxylation sites is 2. The van der Waals surface area contributed by atoms with Crippen LogP contribution < -0.4 is 20.5 Å². The monoisotopic (exact) mass is 822 g/mol. The van der Waals surface area contributed by atoms with E-state index in [1.807, 2.05) is 66.7 Å². The maximum Gasteiger partial charge on any atom is 0.228 e.